The molecule has 0 saturated carbocycles. The largest absolute Gasteiger partial charge is 0.494 e. The third kappa shape index (κ3) is 4.39. The number of rotatable bonds is 7. The van der Waals surface area contributed by atoms with Crippen molar-refractivity contribution < 1.29 is 19.1 Å². The van der Waals surface area contributed by atoms with Crippen LogP contribution in [0.25, 0.3) is 0 Å². The van der Waals surface area contributed by atoms with Crippen molar-refractivity contribution in [1.29, 1.82) is 0 Å². The maximum atomic E-state index is 12.7. The highest BCUT2D eigenvalue weighted by atomic mass is 16.5. The molecule has 1 aliphatic rings. The first kappa shape index (κ1) is 19.6. The molecule has 1 heterocycles. The summed E-state index contributed by atoms with van der Waals surface area (Å²) in [6.07, 6.45) is 1.74. The molecule has 1 aliphatic heterocycles. The third-order valence-electron chi connectivity index (χ3n) is 4.25. The van der Waals surface area contributed by atoms with Crippen LogP contribution in [0.1, 0.15) is 42.6 Å². The van der Waals surface area contributed by atoms with Crippen molar-refractivity contribution in [2.75, 3.05) is 13.2 Å². The van der Waals surface area contributed by atoms with E-state index in [2.05, 4.69) is 10.3 Å². The Morgan fingerprint density at radius 3 is 2.57 bits per heavy atom. The Kier molecular flexibility index (Phi) is 6.42. The van der Waals surface area contributed by atoms with Crippen LogP contribution in [0.3, 0.4) is 0 Å². The van der Waals surface area contributed by atoms with Gasteiger partial charge in [-0.1, -0.05) is 26.0 Å². The van der Waals surface area contributed by atoms with Crippen LogP contribution in [-0.2, 0) is 4.79 Å². The van der Waals surface area contributed by atoms with Crippen molar-refractivity contribution >= 4 is 17.6 Å². The van der Waals surface area contributed by atoms with E-state index in [1.807, 2.05) is 26.0 Å². The molecule has 0 aromatic heterocycles. The average Bonchev–Trinajstić information content (AvgIpc) is 2.72. The number of carbonyl (C=O) groups is 2. The number of esters is 1. The van der Waals surface area contributed by atoms with Gasteiger partial charge in [-0.15, -0.1) is 0 Å². The SMILES string of the molecule is CCCN=C1c2ccccc2OC(=O)C1NC(=O)c1ccc(OCCC)cc1. The fourth-order valence-corrected chi connectivity index (χ4v) is 2.87. The monoisotopic (exact) mass is 380 g/mol. The zero-order chi connectivity index (χ0) is 19.9. The molecule has 0 saturated heterocycles. The lowest BCUT2D eigenvalue weighted by molar-refractivity contribution is -0.135. The normalized spacial score (nSPS) is 17.0. The summed E-state index contributed by atoms with van der Waals surface area (Å²) in [6, 6.07) is 13.1. The number of benzene rings is 2. The van der Waals surface area contributed by atoms with Gasteiger partial charge in [0.15, 0.2) is 6.04 Å². The maximum absolute atomic E-state index is 12.7. The molecule has 2 aromatic rings. The van der Waals surface area contributed by atoms with E-state index in [0.717, 1.165) is 18.4 Å². The zero-order valence-corrected chi connectivity index (χ0v) is 16.1. The van der Waals surface area contributed by atoms with Gasteiger partial charge in [-0.2, -0.15) is 0 Å². The summed E-state index contributed by atoms with van der Waals surface area (Å²) in [5, 5.41) is 2.76. The minimum atomic E-state index is -0.940. The molecule has 0 radical (unpaired) electrons. The summed E-state index contributed by atoms with van der Waals surface area (Å²) >= 11 is 0. The number of amides is 1. The van der Waals surface area contributed by atoms with Gasteiger partial charge in [-0.3, -0.25) is 9.79 Å². The second-order valence-electron chi connectivity index (χ2n) is 6.46. The number of hydrogen-bond donors (Lipinski definition) is 1. The molecule has 1 N–H and O–H groups in total. The second kappa shape index (κ2) is 9.17. The standard InChI is InChI=1S/C22H24N2O4/c1-3-13-23-19-17-7-5-6-8-18(17)28-22(26)20(19)24-21(25)15-9-11-16(12-10-15)27-14-4-2/h5-12,20H,3-4,13-14H2,1-2H3,(H,24,25). The van der Waals surface area contributed by atoms with Crippen molar-refractivity contribution in [3.05, 3.63) is 59.7 Å². The lowest BCUT2D eigenvalue weighted by Gasteiger charge is -2.26. The molecule has 6 heteroatoms. The Morgan fingerprint density at radius 2 is 1.86 bits per heavy atom. The Bertz CT molecular complexity index is 874. The molecule has 0 spiro atoms. The Hall–Kier alpha value is -3.15. The second-order valence-corrected chi connectivity index (χ2v) is 6.46. The van der Waals surface area contributed by atoms with Crippen molar-refractivity contribution in [3.8, 4) is 11.5 Å². The predicted molar refractivity (Wildman–Crippen MR) is 107 cm³/mol. The van der Waals surface area contributed by atoms with Crippen molar-refractivity contribution in [1.82, 2.24) is 5.32 Å². The molecule has 28 heavy (non-hydrogen) atoms. The van der Waals surface area contributed by atoms with Gasteiger partial charge >= 0.3 is 5.97 Å². The minimum Gasteiger partial charge on any atom is -0.494 e. The molecular formula is C22H24N2O4. The molecule has 3 rings (SSSR count). The number of para-hydroxylation sites is 1. The fourth-order valence-electron chi connectivity index (χ4n) is 2.87. The highest BCUT2D eigenvalue weighted by Gasteiger charge is 2.35. The fraction of sp³-hybridized carbons (Fsp3) is 0.318. The molecule has 0 aliphatic carbocycles. The predicted octanol–water partition coefficient (Wildman–Crippen LogP) is 3.39. The van der Waals surface area contributed by atoms with Gasteiger partial charge in [0.25, 0.3) is 5.91 Å². The number of nitrogens with zero attached hydrogens (tertiary/aromatic N) is 1. The van der Waals surface area contributed by atoms with E-state index in [1.54, 1.807) is 36.4 Å². The van der Waals surface area contributed by atoms with E-state index in [9.17, 15) is 9.59 Å². The van der Waals surface area contributed by atoms with Crippen LogP contribution in [-0.4, -0.2) is 36.8 Å². The van der Waals surface area contributed by atoms with Crippen molar-refractivity contribution in [2.45, 2.75) is 32.7 Å². The molecular weight excluding hydrogens is 356 g/mol. The number of nitrogens with one attached hydrogen (secondary N) is 1. The highest BCUT2D eigenvalue weighted by molar-refractivity contribution is 6.21. The number of fused-ring (bicyclic) bond motifs is 1. The summed E-state index contributed by atoms with van der Waals surface area (Å²) in [7, 11) is 0. The van der Waals surface area contributed by atoms with Gasteiger partial charge in [0.05, 0.1) is 12.3 Å². The van der Waals surface area contributed by atoms with Crippen molar-refractivity contribution in [2.24, 2.45) is 4.99 Å². The topological polar surface area (TPSA) is 77.0 Å². The quantitative estimate of drug-likeness (QED) is 0.590. The lowest BCUT2D eigenvalue weighted by Crippen LogP contribution is -2.51. The van der Waals surface area contributed by atoms with E-state index in [0.29, 0.717) is 35.9 Å². The van der Waals surface area contributed by atoms with E-state index >= 15 is 0 Å². The summed E-state index contributed by atoms with van der Waals surface area (Å²) in [5.41, 5.74) is 1.69. The van der Waals surface area contributed by atoms with Crippen LogP contribution in [0.5, 0.6) is 11.5 Å². The summed E-state index contributed by atoms with van der Waals surface area (Å²) in [6.45, 7) is 5.22. The number of carbonyl (C=O) groups excluding carboxylic acids is 2. The summed E-state index contributed by atoms with van der Waals surface area (Å²) in [5.74, 6) is 0.261. The molecule has 0 bridgehead atoms. The molecule has 1 unspecified atom stereocenters. The van der Waals surface area contributed by atoms with Crippen LogP contribution in [0.2, 0.25) is 0 Å². The van der Waals surface area contributed by atoms with Crippen LogP contribution in [0.4, 0.5) is 0 Å². The van der Waals surface area contributed by atoms with Gasteiger partial charge in [-0.25, -0.2) is 4.79 Å². The van der Waals surface area contributed by atoms with E-state index in [-0.39, 0.29) is 5.91 Å². The Morgan fingerprint density at radius 1 is 1.11 bits per heavy atom. The Labute approximate surface area is 164 Å². The van der Waals surface area contributed by atoms with E-state index in [1.165, 1.54) is 0 Å². The van der Waals surface area contributed by atoms with E-state index in [4.69, 9.17) is 9.47 Å². The smallest absolute Gasteiger partial charge is 0.340 e. The van der Waals surface area contributed by atoms with Crippen LogP contribution in [0.15, 0.2) is 53.5 Å². The lowest BCUT2D eigenvalue weighted by atomic mass is 9.98. The van der Waals surface area contributed by atoms with Gasteiger partial charge in [-0.05, 0) is 49.2 Å². The summed E-state index contributed by atoms with van der Waals surface area (Å²) < 4.78 is 10.9. The van der Waals surface area contributed by atoms with Gasteiger partial charge < -0.3 is 14.8 Å². The molecule has 1 atom stereocenters. The maximum Gasteiger partial charge on any atom is 0.340 e. The highest BCUT2D eigenvalue weighted by Crippen LogP contribution is 2.26. The van der Waals surface area contributed by atoms with Crippen molar-refractivity contribution in [3.63, 3.8) is 0 Å². The van der Waals surface area contributed by atoms with E-state index < -0.39 is 12.0 Å². The molecule has 6 nitrogen and oxygen atoms in total. The molecule has 2 aromatic carbocycles. The Balaban J connectivity index is 1.81. The first-order valence-electron chi connectivity index (χ1n) is 9.53. The molecule has 146 valence electrons. The first-order chi connectivity index (χ1) is 13.6. The third-order valence-corrected chi connectivity index (χ3v) is 4.25. The van der Waals surface area contributed by atoms with Gasteiger partial charge in [0, 0.05) is 17.7 Å². The average molecular weight is 380 g/mol. The first-order valence-corrected chi connectivity index (χ1v) is 9.53. The van der Waals surface area contributed by atoms with Crippen LogP contribution < -0.4 is 14.8 Å². The number of ether oxygens (including phenoxy) is 2. The minimum absolute atomic E-state index is 0.368. The van der Waals surface area contributed by atoms with Crippen LogP contribution >= 0.6 is 0 Å². The number of hydrogen-bond acceptors (Lipinski definition) is 5. The zero-order valence-electron chi connectivity index (χ0n) is 16.1. The van der Waals surface area contributed by atoms with Gasteiger partial charge in [0.1, 0.15) is 11.5 Å². The molecule has 0 fully saturated rings. The van der Waals surface area contributed by atoms with Gasteiger partial charge in [0.2, 0.25) is 0 Å². The molecule has 1 amide bonds. The van der Waals surface area contributed by atoms with Crippen LogP contribution in [0, 0.1) is 0 Å². The summed E-state index contributed by atoms with van der Waals surface area (Å²) in [4.78, 5) is 29.8. The number of aliphatic imine (C=N–C) groups is 1.